The number of amides is 1. The Morgan fingerprint density at radius 1 is 1.59 bits per heavy atom. The predicted molar refractivity (Wildman–Crippen MR) is 67.9 cm³/mol. The molecule has 1 N–H and O–H groups in total. The van der Waals surface area contributed by atoms with Gasteiger partial charge in [0.2, 0.25) is 5.91 Å². The normalized spacial score (nSPS) is 24.6. The molecule has 0 aromatic carbocycles. The summed E-state index contributed by atoms with van der Waals surface area (Å²) in [5, 5.41) is 5.37. The number of rotatable bonds is 5. The molecule has 0 aliphatic carbocycles. The SMILES string of the molecule is COCCCN1C(=O)C(C)NC1c1cccs1. The third-order valence-electron chi connectivity index (χ3n) is 2.93. The Morgan fingerprint density at radius 3 is 3.06 bits per heavy atom. The summed E-state index contributed by atoms with van der Waals surface area (Å²) in [6.07, 6.45) is 0.910. The summed E-state index contributed by atoms with van der Waals surface area (Å²) in [4.78, 5) is 15.1. The summed E-state index contributed by atoms with van der Waals surface area (Å²) in [6, 6.07) is 3.99. The van der Waals surface area contributed by atoms with Gasteiger partial charge in [0.25, 0.3) is 0 Å². The van der Waals surface area contributed by atoms with Crippen molar-refractivity contribution >= 4 is 17.2 Å². The summed E-state index contributed by atoms with van der Waals surface area (Å²) in [7, 11) is 1.68. The van der Waals surface area contributed by atoms with E-state index in [1.54, 1.807) is 18.4 Å². The van der Waals surface area contributed by atoms with Crippen LogP contribution in [0.2, 0.25) is 0 Å². The second kappa shape index (κ2) is 5.62. The van der Waals surface area contributed by atoms with Gasteiger partial charge in [-0.15, -0.1) is 11.3 Å². The average molecular weight is 254 g/mol. The zero-order valence-corrected chi connectivity index (χ0v) is 11.0. The second-order valence-corrected chi connectivity index (χ2v) is 5.16. The monoisotopic (exact) mass is 254 g/mol. The molecule has 2 heterocycles. The molecule has 2 rings (SSSR count). The molecule has 94 valence electrons. The van der Waals surface area contributed by atoms with Crippen LogP contribution in [0.5, 0.6) is 0 Å². The topological polar surface area (TPSA) is 41.6 Å². The van der Waals surface area contributed by atoms with Gasteiger partial charge in [0.05, 0.1) is 6.04 Å². The number of hydrogen-bond donors (Lipinski definition) is 1. The van der Waals surface area contributed by atoms with Crippen LogP contribution in [0.1, 0.15) is 24.4 Å². The van der Waals surface area contributed by atoms with Gasteiger partial charge < -0.3 is 9.64 Å². The van der Waals surface area contributed by atoms with E-state index < -0.39 is 0 Å². The van der Waals surface area contributed by atoms with Crippen LogP contribution in [0.4, 0.5) is 0 Å². The van der Waals surface area contributed by atoms with Crippen LogP contribution in [0.3, 0.4) is 0 Å². The molecule has 1 saturated heterocycles. The smallest absolute Gasteiger partial charge is 0.241 e. The van der Waals surface area contributed by atoms with Gasteiger partial charge in [0.15, 0.2) is 0 Å². The lowest BCUT2D eigenvalue weighted by atomic mass is 10.3. The molecule has 1 fully saturated rings. The highest BCUT2D eigenvalue weighted by molar-refractivity contribution is 7.10. The number of carbonyl (C=O) groups is 1. The number of thiophene rings is 1. The van der Waals surface area contributed by atoms with Crippen molar-refractivity contribution in [2.75, 3.05) is 20.3 Å². The first-order chi connectivity index (χ1) is 8.24. The lowest BCUT2D eigenvalue weighted by molar-refractivity contribution is -0.129. The molecule has 17 heavy (non-hydrogen) atoms. The van der Waals surface area contributed by atoms with Crippen LogP contribution in [0.15, 0.2) is 17.5 Å². The van der Waals surface area contributed by atoms with Crippen LogP contribution < -0.4 is 5.32 Å². The highest BCUT2D eigenvalue weighted by atomic mass is 32.1. The fourth-order valence-corrected chi connectivity index (χ4v) is 2.87. The molecule has 0 radical (unpaired) electrons. The minimum Gasteiger partial charge on any atom is -0.385 e. The quantitative estimate of drug-likeness (QED) is 0.812. The molecule has 1 aliphatic rings. The molecule has 0 saturated carbocycles. The van der Waals surface area contributed by atoms with Gasteiger partial charge in [0, 0.05) is 25.1 Å². The maximum Gasteiger partial charge on any atom is 0.241 e. The Hall–Kier alpha value is -0.910. The van der Waals surface area contributed by atoms with Gasteiger partial charge in [-0.3, -0.25) is 10.1 Å². The summed E-state index contributed by atoms with van der Waals surface area (Å²) >= 11 is 1.68. The molecule has 5 heteroatoms. The highest BCUT2D eigenvalue weighted by Gasteiger charge is 2.36. The number of hydrogen-bond acceptors (Lipinski definition) is 4. The van der Waals surface area contributed by atoms with Crippen molar-refractivity contribution in [1.29, 1.82) is 0 Å². The first-order valence-electron chi connectivity index (χ1n) is 5.83. The lowest BCUT2D eigenvalue weighted by Gasteiger charge is -2.23. The predicted octanol–water partition coefficient (Wildman–Crippen LogP) is 1.60. The first-order valence-corrected chi connectivity index (χ1v) is 6.71. The van der Waals surface area contributed by atoms with Crippen molar-refractivity contribution in [2.24, 2.45) is 0 Å². The maximum absolute atomic E-state index is 12.0. The van der Waals surface area contributed by atoms with Crippen LogP contribution in [-0.2, 0) is 9.53 Å². The van der Waals surface area contributed by atoms with Gasteiger partial charge in [-0.1, -0.05) is 6.07 Å². The number of ether oxygens (including phenoxy) is 1. The fraction of sp³-hybridized carbons (Fsp3) is 0.583. The molecule has 2 unspecified atom stereocenters. The standard InChI is InChI=1S/C12H18N2O2S/c1-9-12(15)14(6-4-7-16-2)11(13-9)10-5-3-8-17-10/h3,5,8-9,11,13H,4,6-7H2,1-2H3. The molecule has 0 spiro atoms. The highest BCUT2D eigenvalue weighted by Crippen LogP contribution is 2.28. The molecule has 1 aromatic heterocycles. The van der Waals surface area contributed by atoms with E-state index in [1.165, 1.54) is 4.88 Å². The minimum absolute atomic E-state index is 0.0364. The van der Waals surface area contributed by atoms with Crippen molar-refractivity contribution in [3.63, 3.8) is 0 Å². The van der Waals surface area contributed by atoms with Crippen LogP contribution in [0.25, 0.3) is 0 Å². The maximum atomic E-state index is 12.0. The summed E-state index contributed by atoms with van der Waals surface area (Å²) in [5.74, 6) is 0.180. The van der Waals surface area contributed by atoms with E-state index in [4.69, 9.17) is 4.74 Å². The van der Waals surface area contributed by atoms with Crippen LogP contribution >= 0.6 is 11.3 Å². The Bertz CT molecular complexity index is 367. The number of nitrogens with one attached hydrogen (secondary N) is 1. The van der Waals surface area contributed by atoms with Crippen molar-refractivity contribution < 1.29 is 9.53 Å². The molecule has 0 bridgehead atoms. The van der Waals surface area contributed by atoms with E-state index in [0.717, 1.165) is 13.0 Å². The van der Waals surface area contributed by atoms with Crippen molar-refractivity contribution in [1.82, 2.24) is 10.2 Å². The van der Waals surface area contributed by atoms with Gasteiger partial charge in [0.1, 0.15) is 6.17 Å². The van der Waals surface area contributed by atoms with Gasteiger partial charge >= 0.3 is 0 Å². The molecule has 2 atom stereocenters. The molecule has 1 amide bonds. The summed E-state index contributed by atoms with van der Waals surface area (Å²) < 4.78 is 5.03. The Labute approximate surface area is 106 Å². The van der Waals surface area contributed by atoms with Crippen molar-refractivity contribution in [3.05, 3.63) is 22.4 Å². The third kappa shape index (κ3) is 2.68. The van der Waals surface area contributed by atoms with E-state index in [1.807, 2.05) is 23.3 Å². The van der Waals surface area contributed by atoms with Crippen LogP contribution in [-0.4, -0.2) is 37.1 Å². The summed E-state index contributed by atoms with van der Waals surface area (Å²) in [5.41, 5.74) is 0. The Kier molecular flexibility index (Phi) is 4.15. The number of carbonyl (C=O) groups excluding carboxylic acids is 1. The molecule has 1 aliphatic heterocycles. The van der Waals surface area contributed by atoms with E-state index in [-0.39, 0.29) is 18.1 Å². The average Bonchev–Trinajstić information content (AvgIpc) is 2.92. The second-order valence-electron chi connectivity index (χ2n) is 4.18. The zero-order chi connectivity index (χ0) is 12.3. The minimum atomic E-state index is -0.0929. The number of methoxy groups -OCH3 is 1. The fourth-order valence-electron chi connectivity index (χ4n) is 2.08. The van der Waals surface area contributed by atoms with Crippen molar-refractivity contribution in [3.8, 4) is 0 Å². The molecular formula is C12H18N2O2S. The Balaban J connectivity index is 2.05. The van der Waals surface area contributed by atoms with Gasteiger partial charge in [-0.2, -0.15) is 0 Å². The molecular weight excluding hydrogens is 236 g/mol. The van der Waals surface area contributed by atoms with Gasteiger partial charge in [-0.05, 0) is 24.8 Å². The van der Waals surface area contributed by atoms with Crippen molar-refractivity contribution in [2.45, 2.75) is 25.6 Å². The summed E-state index contributed by atoms with van der Waals surface area (Å²) in [6.45, 7) is 3.35. The van der Waals surface area contributed by atoms with Gasteiger partial charge in [-0.25, -0.2) is 0 Å². The Morgan fingerprint density at radius 2 is 2.41 bits per heavy atom. The first kappa shape index (κ1) is 12.5. The number of nitrogens with zero attached hydrogens (tertiary/aromatic N) is 1. The van der Waals surface area contributed by atoms with E-state index in [2.05, 4.69) is 11.4 Å². The van der Waals surface area contributed by atoms with Crippen LogP contribution in [0, 0.1) is 0 Å². The third-order valence-corrected chi connectivity index (χ3v) is 3.86. The van der Waals surface area contributed by atoms with E-state index in [9.17, 15) is 4.79 Å². The van der Waals surface area contributed by atoms with E-state index in [0.29, 0.717) is 6.61 Å². The molecule has 4 nitrogen and oxygen atoms in total. The molecule has 1 aromatic rings. The van der Waals surface area contributed by atoms with E-state index >= 15 is 0 Å². The lowest BCUT2D eigenvalue weighted by Crippen LogP contribution is -2.31. The largest absolute Gasteiger partial charge is 0.385 e. The zero-order valence-electron chi connectivity index (χ0n) is 10.2.